The third-order valence-corrected chi connectivity index (χ3v) is 6.98. The molecule has 3 heterocycles. The van der Waals surface area contributed by atoms with Gasteiger partial charge in [0.15, 0.2) is 17.3 Å². The van der Waals surface area contributed by atoms with E-state index in [0.717, 1.165) is 0 Å². The Hall–Kier alpha value is -4.21. The fourth-order valence-corrected chi connectivity index (χ4v) is 5.65. The molecule has 3 aliphatic rings. The quantitative estimate of drug-likeness (QED) is 0.350. The minimum absolute atomic E-state index is 0.154. The van der Waals surface area contributed by atoms with Crippen LogP contribution in [-0.2, 0) is 28.7 Å². The predicted octanol–water partition coefficient (Wildman–Crippen LogP) is 2.89. The largest absolute Gasteiger partial charge is 0.493 e. The Balaban J connectivity index is 1.79. The second-order valence-corrected chi connectivity index (χ2v) is 9.74. The van der Waals surface area contributed by atoms with Crippen LogP contribution in [-0.4, -0.2) is 53.9 Å². The van der Waals surface area contributed by atoms with E-state index in [1.54, 1.807) is 30.5 Å². The topological polar surface area (TPSA) is 121 Å². The molecule has 192 valence electrons. The molecule has 0 aromatic heterocycles. The summed E-state index contributed by atoms with van der Waals surface area (Å²) in [5, 5.41) is 6.04. The zero-order valence-electron chi connectivity index (χ0n) is 21.0. The molecular formula is C27H26N2O8. The number of benzene rings is 2. The van der Waals surface area contributed by atoms with Crippen molar-refractivity contribution in [2.45, 2.75) is 51.5 Å². The summed E-state index contributed by atoms with van der Waals surface area (Å²) in [6.45, 7) is 5.60. The molecule has 37 heavy (non-hydrogen) atoms. The van der Waals surface area contributed by atoms with E-state index in [9.17, 15) is 19.2 Å². The highest BCUT2D eigenvalue weighted by Crippen LogP contribution is 2.63. The molecule has 1 unspecified atom stereocenters. The van der Waals surface area contributed by atoms with E-state index in [0.29, 0.717) is 16.7 Å². The molecule has 0 radical (unpaired) electrons. The summed E-state index contributed by atoms with van der Waals surface area (Å²) in [5.41, 5.74) is -0.195. The van der Waals surface area contributed by atoms with Crippen molar-refractivity contribution >= 4 is 29.9 Å². The minimum atomic E-state index is -1.96. The van der Waals surface area contributed by atoms with Gasteiger partial charge < -0.3 is 18.9 Å². The van der Waals surface area contributed by atoms with Gasteiger partial charge in [0.1, 0.15) is 12.1 Å². The Morgan fingerprint density at radius 2 is 1.68 bits per heavy atom. The maximum Gasteiger partial charge on any atom is 0.330 e. The number of cyclic esters (lactones) is 2. The van der Waals surface area contributed by atoms with Gasteiger partial charge in [-0.3, -0.25) is 24.2 Å². The third-order valence-electron chi connectivity index (χ3n) is 6.98. The average molecular weight is 507 g/mol. The Kier molecular flexibility index (Phi) is 5.58. The maximum absolute atomic E-state index is 14.0. The van der Waals surface area contributed by atoms with E-state index < -0.39 is 47.1 Å². The number of ketones is 1. The maximum atomic E-state index is 14.0. The molecule has 2 fully saturated rings. The number of rotatable bonds is 4. The van der Waals surface area contributed by atoms with Gasteiger partial charge in [0.2, 0.25) is 5.41 Å². The summed E-state index contributed by atoms with van der Waals surface area (Å²) >= 11 is 0. The number of hydrazone groups is 1. The zero-order valence-corrected chi connectivity index (χ0v) is 21.0. The third kappa shape index (κ3) is 3.58. The van der Waals surface area contributed by atoms with Crippen LogP contribution in [0.1, 0.15) is 56.3 Å². The molecule has 1 spiro atoms. The number of fused-ring (bicyclic) bond motifs is 4. The number of methoxy groups -OCH3 is 1. The zero-order chi connectivity index (χ0) is 26.7. The molecule has 10 nitrogen and oxygen atoms in total. The van der Waals surface area contributed by atoms with Gasteiger partial charge in [0.05, 0.1) is 13.3 Å². The molecule has 0 N–H and O–H groups in total. The molecule has 2 aromatic carbocycles. The summed E-state index contributed by atoms with van der Waals surface area (Å²) in [4.78, 5) is 52.8. The lowest BCUT2D eigenvalue weighted by molar-refractivity contribution is -0.254. The Morgan fingerprint density at radius 1 is 1.00 bits per heavy atom. The number of hydrogen-bond acceptors (Lipinski definition) is 10. The smallest absolute Gasteiger partial charge is 0.330 e. The van der Waals surface area contributed by atoms with Crippen molar-refractivity contribution in [2.75, 3.05) is 7.11 Å². The van der Waals surface area contributed by atoms with Gasteiger partial charge in [0.25, 0.3) is 5.79 Å². The molecule has 3 aliphatic heterocycles. The van der Waals surface area contributed by atoms with Crippen molar-refractivity contribution in [3.63, 3.8) is 0 Å². The van der Waals surface area contributed by atoms with E-state index in [4.69, 9.17) is 18.9 Å². The highest BCUT2D eigenvalue weighted by Gasteiger charge is 2.74. The van der Waals surface area contributed by atoms with Crippen LogP contribution in [0.3, 0.4) is 0 Å². The normalized spacial score (nSPS) is 24.6. The fourth-order valence-electron chi connectivity index (χ4n) is 5.65. The lowest BCUT2D eigenvalue weighted by atomic mass is 9.65. The lowest BCUT2D eigenvalue weighted by Gasteiger charge is -2.44. The second kappa shape index (κ2) is 8.43. The lowest BCUT2D eigenvalue weighted by Crippen LogP contribution is -2.58. The monoisotopic (exact) mass is 506 g/mol. The van der Waals surface area contributed by atoms with E-state index in [1.807, 2.05) is 12.1 Å². The van der Waals surface area contributed by atoms with Gasteiger partial charge in [-0.15, -0.1) is 0 Å². The first-order valence-electron chi connectivity index (χ1n) is 11.8. The van der Waals surface area contributed by atoms with Crippen molar-refractivity contribution in [3.8, 4) is 11.5 Å². The van der Waals surface area contributed by atoms with E-state index >= 15 is 0 Å². The summed E-state index contributed by atoms with van der Waals surface area (Å²) < 4.78 is 22.0. The van der Waals surface area contributed by atoms with Crippen molar-refractivity contribution in [3.05, 3.63) is 59.2 Å². The first-order chi connectivity index (χ1) is 17.5. The van der Waals surface area contributed by atoms with E-state index in [2.05, 4.69) is 5.10 Å². The molecule has 5 rings (SSSR count). The molecule has 2 aromatic rings. The average Bonchev–Trinajstić information content (AvgIpc) is 3.15. The molecule has 10 heteroatoms. The predicted molar refractivity (Wildman–Crippen MR) is 129 cm³/mol. The van der Waals surface area contributed by atoms with Crippen LogP contribution in [0.25, 0.3) is 0 Å². The number of nitrogens with zero attached hydrogens (tertiary/aromatic N) is 2. The number of ether oxygens (including phenoxy) is 4. The van der Waals surface area contributed by atoms with Crippen molar-refractivity contribution in [2.24, 2.45) is 10.5 Å². The summed E-state index contributed by atoms with van der Waals surface area (Å²) in [7, 11) is 1.40. The molecule has 0 saturated carbocycles. The molecule has 0 amide bonds. The molecular weight excluding hydrogens is 480 g/mol. The number of carbonyl (C=O) groups excluding carboxylic acids is 4. The highest BCUT2D eigenvalue weighted by atomic mass is 16.7. The van der Waals surface area contributed by atoms with Gasteiger partial charge >= 0.3 is 17.9 Å². The van der Waals surface area contributed by atoms with Crippen LogP contribution in [0.4, 0.5) is 0 Å². The van der Waals surface area contributed by atoms with Crippen LogP contribution < -0.4 is 9.47 Å². The second-order valence-electron chi connectivity index (χ2n) is 9.74. The SMILES string of the molecule is COc1cc([C@@H]2[C@@H](C(C)=O)N3N=Cc4ccccc4C3C23C(=O)OC(C)(C)OC3=O)ccc1OC(C)=O. The standard InChI is InChI=1S/C27H26N2O8/c1-14(30)22-21(16-10-11-19(35-15(2)31)20(12-16)34-5)27(24(32)36-26(3,4)37-25(27)33)23-18-9-7-6-8-17(18)13-28-29(22)23/h6-13,21-23H,1-5H3/t21-,22-,23?/m1/s1. The van der Waals surface area contributed by atoms with Crippen LogP contribution in [0.2, 0.25) is 0 Å². The van der Waals surface area contributed by atoms with Gasteiger partial charge in [-0.05, 0) is 35.7 Å². The molecule has 2 saturated heterocycles. The summed E-state index contributed by atoms with van der Waals surface area (Å²) in [6.07, 6.45) is 1.60. The van der Waals surface area contributed by atoms with Gasteiger partial charge in [-0.25, -0.2) is 0 Å². The first-order valence-corrected chi connectivity index (χ1v) is 11.8. The minimum Gasteiger partial charge on any atom is -0.493 e. The van der Waals surface area contributed by atoms with Crippen LogP contribution >= 0.6 is 0 Å². The number of Topliss-reactive ketones (excluding diaryl/α,β-unsaturated/α-hetero) is 1. The summed E-state index contributed by atoms with van der Waals surface area (Å²) in [6, 6.07) is 9.89. The number of carbonyl (C=O) groups is 4. The number of hydrogen-bond donors (Lipinski definition) is 0. The van der Waals surface area contributed by atoms with Gasteiger partial charge in [-0.2, -0.15) is 5.10 Å². The number of esters is 3. The van der Waals surface area contributed by atoms with Crippen LogP contribution in [0, 0.1) is 5.41 Å². The summed E-state index contributed by atoms with van der Waals surface area (Å²) in [5.74, 6) is -4.68. The van der Waals surface area contributed by atoms with Crippen LogP contribution in [0.15, 0.2) is 47.6 Å². The van der Waals surface area contributed by atoms with Crippen LogP contribution in [0.5, 0.6) is 11.5 Å². The molecule has 0 aliphatic carbocycles. The fraction of sp³-hybridized carbons (Fsp3) is 0.370. The first kappa shape index (κ1) is 24.5. The highest BCUT2D eigenvalue weighted by molar-refractivity contribution is 6.07. The molecule has 3 atom stereocenters. The van der Waals surface area contributed by atoms with Gasteiger partial charge in [-0.1, -0.05) is 30.3 Å². The molecule has 0 bridgehead atoms. The van der Waals surface area contributed by atoms with Gasteiger partial charge in [0, 0.05) is 26.7 Å². The van der Waals surface area contributed by atoms with Crippen molar-refractivity contribution in [1.82, 2.24) is 5.01 Å². The Labute approximate surface area is 213 Å². The van der Waals surface area contributed by atoms with E-state index in [-0.39, 0.29) is 17.3 Å². The Morgan fingerprint density at radius 3 is 2.30 bits per heavy atom. The Bertz CT molecular complexity index is 1340. The van der Waals surface area contributed by atoms with Crippen molar-refractivity contribution < 1.29 is 38.1 Å². The van der Waals surface area contributed by atoms with Crippen molar-refractivity contribution in [1.29, 1.82) is 0 Å². The van der Waals surface area contributed by atoms with E-state index in [1.165, 1.54) is 45.9 Å².